The van der Waals surface area contributed by atoms with Gasteiger partial charge in [-0.1, -0.05) is 15.9 Å². The van der Waals surface area contributed by atoms with E-state index in [-0.39, 0.29) is 11.4 Å². The molecule has 1 heterocycles. The van der Waals surface area contributed by atoms with E-state index in [2.05, 4.69) is 31.1 Å². The second-order valence-corrected chi connectivity index (χ2v) is 7.15. The summed E-state index contributed by atoms with van der Waals surface area (Å²) < 4.78 is 32.6. The van der Waals surface area contributed by atoms with Crippen molar-refractivity contribution >= 4 is 26.0 Å². The fourth-order valence-corrected chi connectivity index (χ4v) is 3.53. The van der Waals surface area contributed by atoms with E-state index in [9.17, 15) is 8.42 Å². The number of nitrogens with zero attached hydrogens (tertiary/aromatic N) is 3. The number of aromatic amines is 1. The first-order chi connectivity index (χ1) is 9.95. The highest BCUT2D eigenvalue weighted by Gasteiger charge is 2.26. The second kappa shape index (κ2) is 6.54. The summed E-state index contributed by atoms with van der Waals surface area (Å²) in [5.74, 6) is 0.791. The number of hydrogen-bond donors (Lipinski definition) is 1. The maximum Gasteiger partial charge on any atom is 0.246 e. The normalized spacial score (nSPS) is 11.8. The molecule has 21 heavy (non-hydrogen) atoms. The topological polar surface area (TPSA) is 88.2 Å². The van der Waals surface area contributed by atoms with Crippen molar-refractivity contribution in [2.75, 3.05) is 13.7 Å². The zero-order valence-corrected chi connectivity index (χ0v) is 14.0. The molecule has 114 valence electrons. The molecule has 0 aliphatic carbocycles. The minimum Gasteiger partial charge on any atom is -0.492 e. The molecule has 1 N–H and O–H groups in total. The molecule has 0 saturated carbocycles. The Kier molecular flexibility index (Phi) is 4.96. The van der Waals surface area contributed by atoms with Crippen LogP contribution in [0.5, 0.6) is 5.75 Å². The Hall–Kier alpha value is -1.45. The molecule has 0 amide bonds. The van der Waals surface area contributed by atoms with E-state index in [1.165, 1.54) is 23.7 Å². The SMILES string of the molecule is CCOc1ccc(Br)cc1S(=O)(=O)N(C)Cc1ncn[nH]1. The van der Waals surface area contributed by atoms with Gasteiger partial charge in [-0.2, -0.15) is 9.40 Å². The van der Waals surface area contributed by atoms with Crippen LogP contribution < -0.4 is 4.74 Å². The maximum absolute atomic E-state index is 12.7. The van der Waals surface area contributed by atoms with Crippen LogP contribution in [0.25, 0.3) is 0 Å². The third-order valence-electron chi connectivity index (χ3n) is 2.73. The van der Waals surface area contributed by atoms with Gasteiger partial charge in [0.15, 0.2) is 0 Å². The van der Waals surface area contributed by atoms with E-state index in [0.717, 1.165) is 0 Å². The van der Waals surface area contributed by atoms with E-state index < -0.39 is 10.0 Å². The van der Waals surface area contributed by atoms with Gasteiger partial charge in [0.25, 0.3) is 0 Å². The summed E-state index contributed by atoms with van der Waals surface area (Å²) in [6.07, 6.45) is 1.33. The smallest absolute Gasteiger partial charge is 0.246 e. The molecule has 0 atom stereocenters. The van der Waals surface area contributed by atoms with Crippen molar-refractivity contribution in [3.05, 3.63) is 34.8 Å². The lowest BCUT2D eigenvalue weighted by molar-refractivity contribution is 0.329. The number of hydrogen-bond acceptors (Lipinski definition) is 5. The summed E-state index contributed by atoms with van der Waals surface area (Å²) in [7, 11) is -2.22. The third kappa shape index (κ3) is 3.60. The number of halogens is 1. The third-order valence-corrected chi connectivity index (χ3v) is 5.05. The number of sulfonamides is 1. The molecule has 2 rings (SSSR count). The van der Waals surface area contributed by atoms with E-state index in [1.54, 1.807) is 19.1 Å². The Morgan fingerprint density at radius 3 is 2.81 bits per heavy atom. The lowest BCUT2D eigenvalue weighted by Crippen LogP contribution is -2.27. The highest BCUT2D eigenvalue weighted by atomic mass is 79.9. The van der Waals surface area contributed by atoms with Gasteiger partial charge in [0.2, 0.25) is 10.0 Å². The Bertz CT molecular complexity index is 703. The summed E-state index contributed by atoms with van der Waals surface area (Å²) in [4.78, 5) is 4.04. The summed E-state index contributed by atoms with van der Waals surface area (Å²) >= 11 is 3.28. The van der Waals surface area contributed by atoms with Crippen LogP contribution in [0.2, 0.25) is 0 Å². The average molecular weight is 375 g/mol. The molecular weight excluding hydrogens is 360 g/mol. The average Bonchev–Trinajstić information content (AvgIpc) is 2.93. The van der Waals surface area contributed by atoms with Crippen molar-refractivity contribution in [3.8, 4) is 5.75 Å². The molecule has 9 heteroatoms. The van der Waals surface area contributed by atoms with Gasteiger partial charge in [0, 0.05) is 11.5 Å². The van der Waals surface area contributed by atoms with Crippen LogP contribution >= 0.6 is 15.9 Å². The first-order valence-electron chi connectivity index (χ1n) is 6.18. The van der Waals surface area contributed by atoms with Crippen LogP contribution in [0.1, 0.15) is 12.7 Å². The molecular formula is C12H15BrN4O3S. The molecule has 7 nitrogen and oxygen atoms in total. The van der Waals surface area contributed by atoms with Gasteiger partial charge in [-0.15, -0.1) is 0 Å². The van der Waals surface area contributed by atoms with Gasteiger partial charge in [-0.25, -0.2) is 13.4 Å². The molecule has 0 spiro atoms. The van der Waals surface area contributed by atoms with Gasteiger partial charge in [-0.05, 0) is 25.1 Å². The first kappa shape index (κ1) is 15.9. The zero-order chi connectivity index (χ0) is 15.5. The lowest BCUT2D eigenvalue weighted by atomic mass is 10.3. The Morgan fingerprint density at radius 2 is 2.19 bits per heavy atom. The number of ether oxygens (including phenoxy) is 1. The molecule has 2 aromatic rings. The van der Waals surface area contributed by atoms with Crippen LogP contribution in [0.4, 0.5) is 0 Å². The van der Waals surface area contributed by atoms with Crippen LogP contribution in [0, 0.1) is 0 Å². The van der Waals surface area contributed by atoms with E-state index in [1.807, 2.05) is 0 Å². The number of rotatable bonds is 6. The number of nitrogens with one attached hydrogen (secondary N) is 1. The Labute approximate surface area is 131 Å². The standard InChI is InChI=1S/C12H15BrN4O3S/c1-3-20-10-5-4-9(13)6-11(10)21(18,19)17(2)7-12-14-8-15-16-12/h4-6,8H,3,7H2,1-2H3,(H,14,15,16). The second-order valence-electron chi connectivity index (χ2n) is 4.22. The fourth-order valence-electron chi connectivity index (χ4n) is 1.73. The predicted octanol–water partition coefficient (Wildman–Crippen LogP) is 1.79. The van der Waals surface area contributed by atoms with Crippen molar-refractivity contribution in [1.29, 1.82) is 0 Å². The highest BCUT2D eigenvalue weighted by molar-refractivity contribution is 9.10. The van der Waals surface area contributed by atoms with Gasteiger partial charge in [-0.3, -0.25) is 5.10 Å². The lowest BCUT2D eigenvalue weighted by Gasteiger charge is -2.18. The van der Waals surface area contributed by atoms with Gasteiger partial charge < -0.3 is 4.74 Å². The zero-order valence-electron chi connectivity index (χ0n) is 11.6. The number of aromatic nitrogens is 3. The van der Waals surface area contributed by atoms with Gasteiger partial charge in [0.05, 0.1) is 13.2 Å². The van der Waals surface area contributed by atoms with E-state index >= 15 is 0 Å². The number of H-pyrrole nitrogens is 1. The quantitative estimate of drug-likeness (QED) is 0.832. The molecule has 1 aromatic heterocycles. The Morgan fingerprint density at radius 1 is 1.43 bits per heavy atom. The van der Waals surface area contributed by atoms with Crippen molar-refractivity contribution in [2.45, 2.75) is 18.4 Å². The minimum atomic E-state index is -3.70. The van der Waals surface area contributed by atoms with E-state index in [4.69, 9.17) is 4.74 Å². The molecule has 0 aliphatic rings. The molecule has 0 unspecified atom stereocenters. The van der Waals surface area contributed by atoms with Crippen molar-refractivity contribution in [3.63, 3.8) is 0 Å². The monoisotopic (exact) mass is 374 g/mol. The van der Waals surface area contributed by atoms with Crippen LogP contribution in [0.3, 0.4) is 0 Å². The van der Waals surface area contributed by atoms with E-state index in [0.29, 0.717) is 22.7 Å². The van der Waals surface area contributed by atoms with Crippen LogP contribution in [-0.4, -0.2) is 41.6 Å². The predicted molar refractivity (Wildman–Crippen MR) is 80.3 cm³/mol. The summed E-state index contributed by atoms with van der Waals surface area (Å²) in [5, 5.41) is 6.34. The van der Waals surface area contributed by atoms with Gasteiger partial charge in [0.1, 0.15) is 22.8 Å². The summed E-state index contributed by atoms with van der Waals surface area (Å²) in [6, 6.07) is 4.89. The number of benzene rings is 1. The molecule has 0 bridgehead atoms. The minimum absolute atomic E-state index is 0.0976. The molecule has 0 saturated heterocycles. The fraction of sp³-hybridized carbons (Fsp3) is 0.333. The van der Waals surface area contributed by atoms with Crippen LogP contribution in [-0.2, 0) is 16.6 Å². The maximum atomic E-state index is 12.7. The summed E-state index contributed by atoms with van der Waals surface area (Å²) in [6.45, 7) is 2.28. The summed E-state index contributed by atoms with van der Waals surface area (Å²) in [5.41, 5.74) is 0. The highest BCUT2D eigenvalue weighted by Crippen LogP contribution is 2.29. The van der Waals surface area contributed by atoms with Crippen LogP contribution in [0.15, 0.2) is 33.9 Å². The largest absolute Gasteiger partial charge is 0.492 e. The molecule has 1 aromatic carbocycles. The van der Waals surface area contributed by atoms with Crippen molar-refractivity contribution < 1.29 is 13.2 Å². The Balaban J connectivity index is 2.36. The molecule has 0 fully saturated rings. The first-order valence-corrected chi connectivity index (χ1v) is 8.41. The van der Waals surface area contributed by atoms with Crippen molar-refractivity contribution in [2.24, 2.45) is 0 Å². The molecule has 0 aliphatic heterocycles. The van der Waals surface area contributed by atoms with Gasteiger partial charge >= 0.3 is 0 Å². The van der Waals surface area contributed by atoms with Crippen molar-refractivity contribution in [1.82, 2.24) is 19.5 Å². The molecule has 0 radical (unpaired) electrons.